The fourth-order valence-electron chi connectivity index (χ4n) is 3.24. The van der Waals surface area contributed by atoms with E-state index in [2.05, 4.69) is 5.32 Å². The highest BCUT2D eigenvalue weighted by Crippen LogP contribution is 2.46. The van der Waals surface area contributed by atoms with Gasteiger partial charge in [-0.2, -0.15) is 0 Å². The monoisotopic (exact) mass is 363 g/mol. The Bertz CT molecular complexity index is 770. The minimum atomic E-state index is -1.11. The number of nitrogens with one attached hydrogen (secondary N) is 1. The summed E-state index contributed by atoms with van der Waals surface area (Å²) in [6.45, 7) is 1.87. The number of methoxy groups -OCH3 is 2. The maximum atomic E-state index is 12.4. The van der Waals surface area contributed by atoms with Crippen molar-refractivity contribution in [2.24, 2.45) is 0 Å². The predicted octanol–water partition coefficient (Wildman–Crippen LogP) is 2.49. The van der Waals surface area contributed by atoms with E-state index in [9.17, 15) is 9.59 Å². The van der Waals surface area contributed by atoms with Gasteiger partial charge in [0.05, 0.1) is 31.4 Å². The number of anilines is 1. The van der Waals surface area contributed by atoms with Crippen molar-refractivity contribution in [2.75, 3.05) is 19.5 Å². The molecule has 0 saturated heterocycles. The molecule has 0 aliphatic carbocycles. The minimum absolute atomic E-state index is 0.170. The molecule has 0 spiro atoms. The molecule has 2 aliphatic rings. The Balaban J connectivity index is 1.98. The smallest absolute Gasteiger partial charge is 0.337 e. The van der Waals surface area contributed by atoms with E-state index in [-0.39, 0.29) is 17.2 Å². The average molecular weight is 364 g/mol. The molecule has 132 valence electrons. The highest BCUT2D eigenvalue weighted by atomic mass is 35.5. The van der Waals surface area contributed by atoms with E-state index in [0.29, 0.717) is 5.02 Å². The Morgan fingerprint density at radius 3 is 2.44 bits per heavy atom. The van der Waals surface area contributed by atoms with Gasteiger partial charge in [0.15, 0.2) is 0 Å². The first kappa shape index (κ1) is 17.5. The van der Waals surface area contributed by atoms with Crippen molar-refractivity contribution in [3.8, 4) is 0 Å². The molecule has 1 N–H and O–H groups in total. The maximum Gasteiger partial charge on any atom is 0.337 e. The molecule has 1 aromatic rings. The minimum Gasteiger partial charge on any atom is -0.466 e. The zero-order valence-electron chi connectivity index (χ0n) is 14.0. The quantitative estimate of drug-likeness (QED) is 0.640. The standard InChI is InChI=1S/C18H18ClNO5/c1-10(20-12-6-4-11(19)5-7-12)18-9-8-13(25-18)14(16(21)23-2)15(18)17(22)24-3/h4-10,13,20H,1-3H3/t10-,13?,18?/m1/s1. The molecule has 0 amide bonds. The van der Waals surface area contributed by atoms with Crippen LogP contribution in [0, 0.1) is 0 Å². The van der Waals surface area contributed by atoms with Gasteiger partial charge in [0.1, 0.15) is 11.7 Å². The molecule has 3 atom stereocenters. The summed E-state index contributed by atoms with van der Waals surface area (Å²) in [5.74, 6) is -1.22. The van der Waals surface area contributed by atoms with Gasteiger partial charge < -0.3 is 19.5 Å². The van der Waals surface area contributed by atoms with E-state index in [0.717, 1.165) is 5.69 Å². The number of hydrogen-bond donors (Lipinski definition) is 1. The molecule has 1 aromatic carbocycles. The Labute approximate surface area is 150 Å². The van der Waals surface area contributed by atoms with E-state index < -0.39 is 23.6 Å². The summed E-state index contributed by atoms with van der Waals surface area (Å²) < 4.78 is 15.7. The fraction of sp³-hybridized carbons (Fsp3) is 0.333. The zero-order chi connectivity index (χ0) is 18.2. The molecular weight excluding hydrogens is 346 g/mol. The molecular formula is C18H18ClNO5. The first-order chi connectivity index (χ1) is 11.9. The van der Waals surface area contributed by atoms with Crippen LogP contribution in [0.5, 0.6) is 0 Å². The van der Waals surface area contributed by atoms with Gasteiger partial charge in [-0.3, -0.25) is 0 Å². The van der Waals surface area contributed by atoms with Gasteiger partial charge in [0, 0.05) is 10.7 Å². The number of esters is 2. The van der Waals surface area contributed by atoms with Crippen LogP contribution in [0.3, 0.4) is 0 Å². The van der Waals surface area contributed by atoms with Crippen LogP contribution in [-0.4, -0.2) is 43.9 Å². The molecule has 2 unspecified atom stereocenters. The Hall–Kier alpha value is -2.31. The van der Waals surface area contributed by atoms with E-state index in [1.165, 1.54) is 14.2 Å². The van der Waals surface area contributed by atoms with E-state index >= 15 is 0 Å². The molecule has 25 heavy (non-hydrogen) atoms. The fourth-order valence-corrected chi connectivity index (χ4v) is 3.36. The summed E-state index contributed by atoms with van der Waals surface area (Å²) >= 11 is 5.91. The normalized spacial score (nSPS) is 25.0. The molecule has 0 radical (unpaired) electrons. The largest absolute Gasteiger partial charge is 0.466 e. The molecule has 0 fully saturated rings. The summed E-state index contributed by atoms with van der Waals surface area (Å²) in [7, 11) is 2.53. The summed E-state index contributed by atoms with van der Waals surface area (Å²) in [5.41, 5.74) is 0.0494. The van der Waals surface area contributed by atoms with Gasteiger partial charge in [-0.25, -0.2) is 9.59 Å². The van der Waals surface area contributed by atoms with Crippen LogP contribution in [0.4, 0.5) is 5.69 Å². The molecule has 2 aliphatic heterocycles. The van der Waals surface area contributed by atoms with Crippen molar-refractivity contribution in [2.45, 2.75) is 24.7 Å². The van der Waals surface area contributed by atoms with Crippen molar-refractivity contribution < 1.29 is 23.8 Å². The Kier molecular flexibility index (Phi) is 4.58. The molecule has 2 bridgehead atoms. The van der Waals surface area contributed by atoms with Crippen LogP contribution >= 0.6 is 11.6 Å². The Morgan fingerprint density at radius 2 is 1.84 bits per heavy atom. The molecule has 7 heteroatoms. The van der Waals surface area contributed by atoms with Crippen molar-refractivity contribution >= 4 is 29.2 Å². The third-order valence-corrected chi connectivity index (χ3v) is 4.70. The number of fused-ring (bicyclic) bond motifs is 2. The first-order valence-corrected chi connectivity index (χ1v) is 8.11. The zero-order valence-corrected chi connectivity index (χ0v) is 14.8. The SMILES string of the molecule is COC(=O)C1=C(C(=O)OC)C2([C@@H](C)Nc3ccc(Cl)cc3)C=CC1O2. The number of halogens is 1. The van der Waals surface area contributed by atoms with Gasteiger partial charge in [0.25, 0.3) is 0 Å². The molecule has 0 aromatic heterocycles. The number of benzene rings is 1. The number of ether oxygens (including phenoxy) is 3. The maximum absolute atomic E-state index is 12.4. The molecule has 0 saturated carbocycles. The van der Waals surface area contributed by atoms with Crippen LogP contribution < -0.4 is 5.32 Å². The summed E-state index contributed by atoms with van der Waals surface area (Å²) in [6.07, 6.45) is 2.90. The molecule has 6 nitrogen and oxygen atoms in total. The van der Waals surface area contributed by atoms with Crippen LogP contribution in [0.15, 0.2) is 47.6 Å². The second-order valence-corrected chi connectivity index (χ2v) is 6.27. The van der Waals surface area contributed by atoms with Crippen molar-refractivity contribution in [1.29, 1.82) is 0 Å². The number of hydrogen-bond acceptors (Lipinski definition) is 6. The Morgan fingerprint density at radius 1 is 1.20 bits per heavy atom. The second-order valence-electron chi connectivity index (χ2n) is 5.84. The molecule has 2 heterocycles. The lowest BCUT2D eigenvalue weighted by molar-refractivity contribution is -0.139. The molecule has 3 rings (SSSR count). The average Bonchev–Trinajstić information content (AvgIpc) is 3.20. The van der Waals surface area contributed by atoms with Gasteiger partial charge >= 0.3 is 11.9 Å². The van der Waals surface area contributed by atoms with E-state index in [1.807, 2.05) is 19.1 Å². The highest BCUT2D eigenvalue weighted by Gasteiger charge is 2.57. The third kappa shape index (κ3) is 2.81. The number of rotatable bonds is 5. The summed E-state index contributed by atoms with van der Waals surface area (Å²) in [5, 5.41) is 3.91. The number of carbonyl (C=O) groups excluding carboxylic acids is 2. The van der Waals surface area contributed by atoms with Crippen LogP contribution in [-0.2, 0) is 23.8 Å². The highest BCUT2D eigenvalue weighted by molar-refractivity contribution is 6.30. The third-order valence-electron chi connectivity index (χ3n) is 4.45. The lowest BCUT2D eigenvalue weighted by Crippen LogP contribution is -2.46. The van der Waals surface area contributed by atoms with Gasteiger partial charge in [-0.05, 0) is 37.3 Å². The summed E-state index contributed by atoms with van der Waals surface area (Å²) in [4.78, 5) is 24.6. The first-order valence-electron chi connectivity index (χ1n) is 7.73. The van der Waals surface area contributed by atoms with Gasteiger partial charge in [-0.1, -0.05) is 17.7 Å². The summed E-state index contributed by atoms with van der Waals surface area (Å²) in [6, 6.07) is 6.81. The van der Waals surface area contributed by atoms with Crippen molar-refractivity contribution in [3.63, 3.8) is 0 Å². The van der Waals surface area contributed by atoms with Crippen molar-refractivity contribution in [1.82, 2.24) is 0 Å². The van der Waals surface area contributed by atoms with Crippen LogP contribution in [0.25, 0.3) is 0 Å². The van der Waals surface area contributed by atoms with Crippen molar-refractivity contribution in [3.05, 3.63) is 52.6 Å². The van der Waals surface area contributed by atoms with Crippen LogP contribution in [0.1, 0.15) is 6.92 Å². The predicted molar refractivity (Wildman–Crippen MR) is 92.3 cm³/mol. The van der Waals surface area contributed by atoms with Gasteiger partial charge in [0.2, 0.25) is 0 Å². The lowest BCUT2D eigenvalue weighted by atomic mass is 9.82. The second kappa shape index (κ2) is 6.54. The van der Waals surface area contributed by atoms with E-state index in [4.69, 9.17) is 25.8 Å². The lowest BCUT2D eigenvalue weighted by Gasteiger charge is -2.33. The number of carbonyl (C=O) groups is 2. The van der Waals surface area contributed by atoms with Crippen LogP contribution in [0.2, 0.25) is 5.02 Å². The topological polar surface area (TPSA) is 73.9 Å². The van der Waals surface area contributed by atoms with Gasteiger partial charge in [-0.15, -0.1) is 0 Å². The van der Waals surface area contributed by atoms with E-state index in [1.54, 1.807) is 24.3 Å².